The second-order valence-electron chi connectivity index (χ2n) is 19.5. The van der Waals surface area contributed by atoms with Gasteiger partial charge in [-0.1, -0.05) is 190 Å². The Morgan fingerprint density at radius 2 is 0.750 bits per heavy atom. The van der Waals surface area contributed by atoms with Crippen LogP contribution in [-0.2, 0) is 16.2 Å². The summed E-state index contributed by atoms with van der Waals surface area (Å²) in [5, 5.41) is 0. The van der Waals surface area contributed by atoms with Gasteiger partial charge in [0.05, 0.1) is 5.41 Å². The van der Waals surface area contributed by atoms with Crippen molar-refractivity contribution >= 4 is 17.1 Å². The lowest BCUT2D eigenvalue weighted by Gasteiger charge is -2.33. The maximum atomic E-state index is 2.57. The van der Waals surface area contributed by atoms with E-state index >= 15 is 0 Å². The highest BCUT2D eigenvalue weighted by atomic mass is 15.1. The Labute approximate surface area is 376 Å². The Balaban J connectivity index is 1.01. The number of anilines is 3. The van der Waals surface area contributed by atoms with Crippen LogP contribution in [0.4, 0.5) is 17.1 Å². The molecule has 304 valence electrons. The van der Waals surface area contributed by atoms with E-state index in [1.165, 1.54) is 137 Å². The SMILES string of the molecule is CC1(C)c2ccccc2-c2cccc(-c3cccc(N(c4ccc5c(c4)C4(CCCC4)c4ccccc4-5)c4ccc5c(c4)C4(c6ccccc6-c6ccccc64)c4ccccc4-5)c3)c21. The molecule has 2 spiro atoms. The molecule has 0 saturated heterocycles. The molecule has 1 fully saturated rings. The molecule has 1 saturated carbocycles. The first-order valence-electron chi connectivity index (χ1n) is 23.3. The van der Waals surface area contributed by atoms with E-state index < -0.39 is 5.41 Å². The third kappa shape index (κ3) is 4.54. The van der Waals surface area contributed by atoms with Gasteiger partial charge in [0.2, 0.25) is 0 Å². The average molecular weight is 818 g/mol. The molecule has 0 amide bonds. The third-order valence-electron chi connectivity index (χ3n) is 16.2. The zero-order valence-electron chi connectivity index (χ0n) is 36.3. The van der Waals surface area contributed by atoms with Crippen LogP contribution in [0, 0.1) is 0 Å². The molecule has 0 aliphatic heterocycles. The van der Waals surface area contributed by atoms with Crippen molar-refractivity contribution < 1.29 is 0 Å². The highest BCUT2D eigenvalue weighted by Crippen LogP contribution is 2.64. The van der Waals surface area contributed by atoms with Gasteiger partial charge in [-0.3, -0.25) is 0 Å². The highest BCUT2D eigenvalue weighted by molar-refractivity contribution is 5.97. The molecule has 5 aliphatic carbocycles. The third-order valence-corrected chi connectivity index (χ3v) is 16.2. The van der Waals surface area contributed by atoms with Crippen molar-refractivity contribution in [3.8, 4) is 55.6 Å². The first kappa shape index (κ1) is 36.3. The minimum absolute atomic E-state index is 0.0571. The van der Waals surface area contributed by atoms with E-state index in [2.05, 4.69) is 219 Å². The quantitative estimate of drug-likeness (QED) is 0.171. The Kier molecular flexibility index (Phi) is 7.33. The summed E-state index contributed by atoms with van der Waals surface area (Å²) in [4.78, 5) is 2.57. The molecule has 9 aromatic rings. The highest BCUT2D eigenvalue weighted by Gasteiger charge is 2.52. The molecule has 0 aromatic heterocycles. The summed E-state index contributed by atoms with van der Waals surface area (Å²) in [6.45, 7) is 4.80. The second kappa shape index (κ2) is 12.9. The second-order valence-corrected chi connectivity index (χ2v) is 19.5. The molecule has 0 heterocycles. The van der Waals surface area contributed by atoms with Crippen LogP contribution < -0.4 is 4.90 Å². The van der Waals surface area contributed by atoms with Gasteiger partial charge in [0, 0.05) is 27.9 Å². The maximum absolute atomic E-state index is 2.57. The topological polar surface area (TPSA) is 3.24 Å². The zero-order chi connectivity index (χ0) is 42.4. The maximum Gasteiger partial charge on any atom is 0.0726 e. The number of rotatable bonds is 4. The van der Waals surface area contributed by atoms with Crippen LogP contribution in [0.1, 0.15) is 84.0 Å². The zero-order valence-corrected chi connectivity index (χ0v) is 36.3. The molecule has 0 atom stereocenters. The first-order valence-corrected chi connectivity index (χ1v) is 23.3. The van der Waals surface area contributed by atoms with Gasteiger partial charge in [-0.25, -0.2) is 0 Å². The Morgan fingerprint density at radius 1 is 0.328 bits per heavy atom. The Morgan fingerprint density at radius 3 is 1.36 bits per heavy atom. The Hall–Kier alpha value is -7.22. The molecule has 1 nitrogen and oxygen atoms in total. The van der Waals surface area contributed by atoms with Crippen LogP contribution >= 0.6 is 0 Å². The molecule has 1 heteroatoms. The lowest BCUT2D eigenvalue weighted by molar-refractivity contribution is 0.550. The summed E-state index contributed by atoms with van der Waals surface area (Å²) < 4.78 is 0. The van der Waals surface area contributed by atoms with Gasteiger partial charge in [-0.2, -0.15) is 0 Å². The lowest BCUT2D eigenvalue weighted by Crippen LogP contribution is -2.26. The number of nitrogens with zero attached hydrogens (tertiary/aromatic N) is 1. The molecular weight excluding hydrogens is 771 g/mol. The van der Waals surface area contributed by atoms with Crippen molar-refractivity contribution in [3.63, 3.8) is 0 Å². The van der Waals surface area contributed by atoms with Crippen molar-refractivity contribution in [1.29, 1.82) is 0 Å². The molecule has 0 unspecified atom stereocenters. The smallest absolute Gasteiger partial charge is 0.0726 e. The normalized spacial score (nSPS) is 16.4. The average Bonchev–Trinajstić information content (AvgIpc) is 4.14. The van der Waals surface area contributed by atoms with Crippen LogP contribution in [0.25, 0.3) is 55.6 Å². The van der Waals surface area contributed by atoms with E-state index in [-0.39, 0.29) is 10.8 Å². The summed E-state index contributed by atoms with van der Waals surface area (Å²) in [7, 11) is 0. The van der Waals surface area contributed by atoms with Crippen LogP contribution in [0.2, 0.25) is 0 Å². The van der Waals surface area contributed by atoms with Gasteiger partial charge in [-0.15, -0.1) is 0 Å². The van der Waals surface area contributed by atoms with Gasteiger partial charge in [0.15, 0.2) is 0 Å². The first-order chi connectivity index (χ1) is 31.5. The molecule has 14 rings (SSSR count). The number of hydrogen-bond acceptors (Lipinski definition) is 1. The van der Waals surface area contributed by atoms with Crippen molar-refractivity contribution in [3.05, 3.63) is 245 Å². The molecule has 0 bridgehead atoms. The number of hydrogen-bond donors (Lipinski definition) is 0. The fourth-order valence-electron chi connectivity index (χ4n) is 13.7. The molecule has 9 aromatic carbocycles. The van der Waals surface area contributed by atoms with Crippen LogP contribution in [0.5, 0.6) is 0 Å². The van der Waals surface area contributed by atoms with Gasteiger partial charge in [-0.05, 0) is 149 Å². The fraction of sp³-hybridized carbons (Fsp3) is 0.143. The minimum atomic E-state index is -0.429. The fourth-order valence-corrected chi connectivity index (χ4v) is 13.7. The van der Waals surface area contributed by atoms with E-state index in [0.29, 0.717) is 0 Å². The lowest BCUT2D eigenvalue weighted by atomic mass is 9.70. The standard InChI is InChI=1S/C63H47N/c1-61(2)53-26-8-3-23-49(53)52-25-16-24-44(60(52)61)40-17-15-18-41(37-40)64(42-31-33-50-45-19-4-9-27-54(45)62(58(50)38-42)35-13-14-36-62)43-32-34-51-48-22-7-12-30-57(48)63(59(51)39-43)55-28-10-5-20-46(55)47-21-6-11-29-56(47)63/h3-12,15-34,37-39H,13-14,35-36H2,1-2H3. The van der Waals surface area contributed by atoms with Crippen LogP contribution in [-0.4, -0.2) is 0 Å². The minimum Gasteiger partial charge on any atom is -0.310 e. The molecule has 0 N–H and O–H groups in total. The van der Waals surface area contributed by atoms with Gasteiger partial charge >= 0.3 is 0 Å². The van der Waals surface area contributed by atoms with E-state index in [4.69, 9.17) is 0 Å². The number of fused-ring (bicyclic) bond motifs is 18. The van der Waals surface area contributed by atoms with E-state index in [0.717, 1.165) is 5.69 Å². The van der Waals surface area contributed by atoms with E-state index in [1.807, 2.05) is 0 Å². The molecule has 5 aliphatic rings. The monoisotopic (exact) mass is 817 g/mol. The summed E-state index contributed by atoms with van der Waals surface area (Å²) in [5.74, 6) is 0. The van der Waals surface area contributed by atoms with Crippen molar-refractivity contribution in [2.24, 2.45) is 0 Å². The van der Waals surface area contributed by atoms with Crippen LogP contribution in [0.15, 0.2) is 200 Å². The van der Waals surface area contributed by atoms with Crippen molar-refractivity contribution in [2.45, 2.75) is 55.8 Å². The Bertz CT molecular complexity index is 3380. The summed E-state index contributed by atoms with van der Waals surface area (Å²) in [6, 6.07) is 76.8. The van der Waals surface area contributed by atoms with E-state index in [9.17, 15) is 0 Å². The van der Waals surface area contributed by atoms with Crippen molar-refractivity contribution in [1.82, 2.24) is 0 Å². The number of benzene rings is 9. The summed E-state index contributed by atoms with van der Waals surface area (Å²) >= 11 is 0. The van der Waals surface area contributed by atoms with Gasteiger partial charge < -0.3 is 4.90 Å². The van der Waals surface area contributed by atoms with Crippen molar-refractivity contribution in [2.75, 3.05) is 4.90 Å². The molecule has 64 heavy (non-hydrogen) atoms. The molecule has 0 radical (unpaired) electrons. The molecular formula is C63H47N. The largest absolute Gasteiger partial charge is 0.310 e. The summed E-state index contributed by atoms with van der Waals surface area (Å²) in [6.07, 6.45) is 4.93. The van der Waals surface area contributed by atoms with E-state index in [1.54, 1.807) is 0 Å². The summed E-state index contributed by atoms with van der Waals surface area (Å²) in [5.41, 5.74) is 27.7. The van der Waals surface area contributed by atoms with Crippen LogP contribution in [0.3, 0.4) is 0 Å². The van der Waals surface area contributed by atoms with Gasteiger partial charge in [0.1, 0.15) is 0 Å². The predicted octanol–water partition coefficient (Wildman–Crippen LogP) is 16.3. The van der Waals surface area contributed by atoms with Gasteiger partial charge in [0.25, 0.3) is 0 Å². The predicted molar refractivity (Wildman–Crippen MR) is 265 cm³/mol.